The molecule has 13 heavy (non-hydrogen) atoms. The first-order chi connectivity index (χ1) is 5.68. The zero-order valence-corrected chi connectivity index (χ0v) is 10.1. The van der Waals surface area contributed by atoms with E-state index in [-0.39, 0.29) is 41.1 Å². The van der Waals surface area contributed by atoms with Gasteiger partial charge in [-0.3, -0.25) is 4.21 Å². The molecule has 0 fully saturated rings. The monoisotopic (exact) mass is 210 g/mol. The molecule has 66 valence electrons. The normalized spacial score (nSPS) is 11.8. The van der Waals surface area contributed by atoms with Crippen molar-refractivity contribution in [1.29, 1.82) is 0 Å². The second-order valence-corrected chi connectivity index (χ2v) is 3.40. The zero-order valence-electron chi connectivity index (χ0n) is 7.33. The van der Waals surface area contributed by atoms with Crippen LogP contribution in [0.4, 0.5) is 4.39 Å². The molecule has 1 atom stereocenters. The van der Waals surface area contributed by atoms with Crippen molar-refractivity contribution in [2.45, 2.75) is 6.42 Å². The topological polar surface area (TPSA) is 40.1 Å². The van der Waals surface area contributed by atoms with Gasteiger partial charge in [0.2, 0.25) is 0 Å². The standard InChI is InChI=1S/C8H9FO2S.Na/c9-8-3-1-7(2-4-8)5-6-12(10)11;/h1-4H,5-6H2,(H,10,11);/q;+1/p-1. The van der Waals surface area contributed by atoms with Gasteiger partial charge in [0.05, 0.1) is 0 Å². The third kappa shape index (κ3) is 5.54. The smallest absolute Gasteiger partial charge is 0.772 e. The van der Waals surface area contributed by atoms with Gasteiger partial charge in [0, 0.05) is 5.75 Å². The van der Waals surface area contributed by atoms with E-state index in [1.807, 2.05) is 0 Å². The van der Waals surface area contributed by atoms with E-state index in [1.165, 1.54) is 12.1 Å². The van der Waals surface area contributed by atoms with Crippen LogP contribution in [0.1, 0.15) is 5.56 Å². The molecule has 1 aromatic carbocycles. The van der Waals surface area contributed by atoms with Gasteiger partial charge >= 0.3 is 29.6 Å². The molecule has 0 aliphatic heterocycles. The molecule has 0 N–H and O–H groups in total. The van der Waals surface area contributed by atoms with Gasteiger partial charge in [-0.1, -0.05) is 23.2 Å². The molecule has 1 rings (SSSR count). The maximum Gasteiger partial charge on any atom is 1.00 e. The van der Waals surface area contributed by atoms with E-state index in [2.05, 4.69) is 0 Å². The molecule has 0 saturated heterocycles. The van der Waals surface area contributed by atoms with Crippen molar-refractivity contribution in [2.24, 2.45) is 0 Å². The van der Waals surface area contributed by atoms with Gasteiger partial charge in [-0.05, 0) is 24.1 Å². The summed E-state index contributed by atoms with van der Waals surface area (Å²) in [6.45, 7) is 0. The third-order valence-corrected chi connectivity index (χ3v) is 2.01. The predicted molar refractivity (Wildman–Crippen MR) is 43.9 cm³/mol. The first-order valence-electron chi connectivity index (χ1n) is 3.49. The molecular weight excluding hydrogens is 202 g/mol. The second-order valence-electron chi connectivity index (χ2n) is 2.38. The average Bonchev–Trinajstić information content (AvgIpc) is 2.03. The molecule has 0 radical (unpaired) electrons. The number of benzene rings is 1. The van der Waals surface area contributed by atoms with E-state index in [0.717, 1.165) is 5.56 Å². The van der Waals surface area contributed by atoms with Crippen LogP contribution in [0.25, 0.3) is 0 Å². The summed E-state index contributed by atoms with van der Waals surface area (Å²) in [5.74, 6) is -0.215. The second kappa shape index (κ2) is 6.68. The van der Waals surface area contributed by atoms with Crippen molar-refractivity contribution >= 4 is 11.1 Å². The fraction of sp³-hybridized carbons (Fsp3) is 0.250. The third-order valence-electron chi connectivity index (χ3n) is 1.47. The molecule has 0 spiro atoms. The van der Waals surface area contributed by atoms with Crippen LogP contribution < -0.4 is 29.6 Å². The van der Waals surface area contributed by atoms with Gasteiger partial charge in [0.25, 0.3) is 0 Å². The first kappa shape index (κ1) is 13.3. The number of hydrogen-bond donors (Lipinski definition) is 0. The van der Waals surface area contributed by atoms with Gasteiger partial charge in [-0.2, -0.15) is 0 Å². The quantitative estimate of drug-likeness (QED) is 0.438. The predicted octanol–water partition coefficient (Wildman–Crippen LogP) is -1.75. The molecule has 0 heterocycles. The van der Waals surface area contributed by atoms with Crippen LogP contribution >= 0.6 is 0 Å². The van der Waals surface area contributed by atoms with Crippen molar-refractivity contribution in [1.82, 2.24) is 0 Å². The molecule has 0 aliphatic rings. The van der Waals surface area contributed by atoms with Crippen molar-refractivity contribution in [3.8, 4) is 0 Å². The van der Waals surface area contributed by atoms with Crippen LogP contribution in [0.2, 0.25) is 0 Å². The van der Waals surface area contributed by atoms with Crippen LogP contribution in [0.5, 0.6) is 0 Å². The fourth-order valence-electron chi connectivity index (χ4n) is 0.852. The maximum absolute atomic E-state index is 12.4. The summed E-state index contributed by atoms with van der Waals surface area (Å²) in [6.07, 6.45) is 0.441. The molecule has 1 aromatic rings. The van der Waals surface area contributed by atoms with Gasteiger partial charge in [0.15, 0.2) is 0 Å². The van der Waals surface area contributed by atoms with Crippen LogP contribution in [-0.2, 0) is 17.5 Å². The Morgan fingerprint density at radius 1 is 1.31 bits per heavy atom. The summed E-state index contributed by atoms with van der Waals surface area (Å²) in [4.78, 5) is 0. The first-order valence-corrected chi connectivity index (χ1v) is 4.73. The van der Waals surface area contributed by atoms with Gasteiger partial charge < -0.3 is 4.55 Å². The summed E-state index contributed by atoms with van der Waals surface area (Å²) < 4.78 is 32.7. The largest absolute Gasteiger partial charge is 1.00 e. The van der Waals surface area contributed by atoms with Gasteiger partial charge in [0.1, 0.15) is 5.82 Å². The minimum atomic E-state index is -2.02. The van der Waals surface area contributed by atoms with Gasteiger partial charge in [-0.25, -0.2) is 4.39 Å². The Labute approximate surface area is 101 Å². The van der Waals surface area contributed by atoms with Crippen molar-refractivity contribution in [2.75, 3.05) is 5.75 Å². The Morgan fingerprint density at radius 2 is 1.85 bits per heavy atom. The van der Waals surface area contributed by atoms with Crippen LogP contribution in [-0.4, -0.2) is 14.5 Å². The van der Waals surface area contributed by atoms with Crippen LogP contribution in [0, 0.1) is 5.82 Å². The van der Waals surface area contributed by atoms with E-state index in [4.69, 9.17) is 0 Å². The Bertz CT molecular complexity index is 276. The molecule has 0 bridgehead atoms. The molecule has 0 saturated carbocycles. The average molecular weight is 210 g/mol. The van der Waals surface area contributed by atoms with Crippen LogP contribution in [0.3, 0.4) is 0 Å². The molecule has 5 heteroatoms. The van der Waals surface area contributed by atoms with E-state index < -0.39 is 11.1 Å². The van der Waals surface area contributed by atoms with E-state index >= 15 is 0 Å². The summed E-state index contributed by atoms with van der Waals surface area (Å²) in [6, 6.07) is 5.82. The number of halogens is 1. The van der Waals surface area contributed by atoms with Crippen molar-refractivity contribution < 1.29 is 42.7 Å². The number of hydrogen-bond acceptors (Lipinski definition) is 2. The molecule has 0 aromatic heterocycles. The molecule has 2 nitrogen and oxygen atoms in total. The summed E-state index contributed by atoms with van der Waals surface area (Å²) in [5.41, 5.74) is 0.834. The SMILES string of the molecule is O=S([O-])CCc1ccc(F)cc1.[Na+]. The maximum atomic E-state index is 12.4. The van der Waals surface area contributed by atoms with E-state index in [0.29, 0.717) is 6.42 Å². The van der Waals surface area contributed by atoms with E-state index in [1.54, 1.807) is 12.1 Å². The fourth-order valence-corrected chi connectivity index (χ4v) is 1.25. The Hall–Kier alpha value is 0.260. The zero-order chi connectivity index (χ0) is 8.97. The molecule has 0 amide bonds. The Morgan fingerprint density at radius 3 is 2.31 bits per heavy atom. The molecule has 1 unspecified atom stereocenters. The van der Waals surface area contributed by atoms with E-state index in [9.17, 15) is 13.2 Å². The minimum absolute atomic E-state index is 0. The minimum Gasteiger partial charge on any atom is -0.772 e. The summed E-state index contributed by atoms with van der Waals surface area (Å²) >= 11 is -2.02. The molecule has 0 aliphatic carbocycles. The van der Waals surface area contributed by atoms with Crippen LogP contribution in [0.15, 0.2) is 24.3 Å². The summed E-state index contributed by atoms with van der Waals surface area (Å²) in [7, 11) is 0. The van der Waals surface area contributed by atoms with Gasteiger partial charge in [-0.15, -0.1) is 0 Å². The van der Waals surface area contributed by atoms with Crippen molar-refractivity contribution in [3.05, 3.63) is 35.6 Å². The Balaban J connectivity index is 0.00000144. The number of aryl methyl sites for hydroxylation is 1. The summed E-state index contributed by atoms with van der Waals surface area (Å²) in [5, 5.41) is 0. The Kier molecular flexibility index (Phi) is 6.81. The molecular formula is C8H8FNaO2S. The van der Waals surface area contributed by atoms with Crippen molar-refractivity contribution in [3.63, 3.8) is 0 Å². The number of rotatable bonds is 3.